The molecule has 0 spiro atoms. The maximum Gasteiger partial charge on any atom is 0.228 e. The zero-order valence-corrected chi connectivity index (χ0v) is 15.0. The molecule has 1 heterocycles. The molecule has 1 aromatic carbocycles. The van der Waals surface area contributed by atoms with Crippen LogP contribution in [0.5, 0.6) is 0 Å². The molecule has 0 saturated heterocycles. The van der Waals surface area contributed by atoms with Crippen LogP contribution in [-0.2, 0) is 6.42 Å². The van der Waals surface area contributed by atoms with E-state index < -0.39 is 6.17 Å². The number of halogens is 2. The van der Waals surface area contributed by atoms with E-state index in [1.165, 1.54) is 12.5 Å². The van der Waals surface area contributed by atoms with Gasteiger partial charge in [0.2, 0.25) is 11.9 Å². The third-order valence-corrected chi connectivity index (χ3v) is 4.97. The number of hydrogen-bond acceptors (Lipinski definition) is 5. The second-order valence-corrected chi connectivity index (χ2v) is 6.86. The van der Waals surface area contributed by atoms with Gasteiger partial charge in [-0.05, 0) is 55.7 Å². The van der Waals surface area contributed by atoms with Crippen LogP contribution >= 0.6 is 0 Å². The molecule has 0 radical (unpaired) electrons. The third-order valence-electron chi connectivity index (χ3n) is 4.97. The monoisotopic (exact) mass is 361 g/mol. The van der Waals surface area contributed by atoms with Crippen LogP contribution in [0.25, 0.3) is 0 Å². The highest BCUT2D eigenvalue weighted by Gasteiger charge is 2.28. The lowest BCUT2D eigenvalue weighted by Gasteiger charge is -2.34. The molecule has 1 aliphatic rings. The molecular formula is C19H25F2N5. The molecular weight excluding hydrogens is 336 g/mol. The maximum atomic E-state index is 13.9. The highest BCUT2D eigenvalue weighted by atomic mass is 19.1. The van der Waals surface area contributed by atoms with Gasteiger partial charge in [0, 0.05) is 6.04 Å². The second kappa shape index (κ2) is 8.38. The summed E-state index contributed by atoms with van der Waals surface area (Å²) in [7, 11) is 0. The Balaban J connectivity index is 1.71. The van der Waals surface area contributed by atoms with Crippen molar-refractivity contribution in [2.75, 3.05) is 11.1 Å². The van der Waals surface area contributed by atoms with Crippen LogP contribution < -0.4 is 11.1 Å². The Kier molecular flexibility index (Phi) is 5.96. The summed E-state index contributed by atoms with van der Waals surface area (Å²) >= 11 is 0. The normalized spacial score (nSPS) is 16.7. The van der Waals surface area contributed by atoms with Gasteiger partial charge in [0.15, 0.2) is 12.0 Å². The van der Waals surface area contributed by atoms with Crippen molar-refractivity contribution in [2.24, 2.45) is 5.92 Å². The Morgan fingerprint density at radius 2 is 2.08 bits per heavy atom. The number of nitrogens with one attached hydrogen (secondary N) is 1. The molecule has 1 fully saturated rings. The minimum absolute atomic E-state index is 0.0195. The fourth-order valence-electron chi connectivity index (χ4n) is 3.24. The molecule has 0 aliphatic heterocycles. The van der Waals surface area contributed by atoms with E-state index in [1.807, 2.05) is 6.07 Å². The summed E-state index contributed by atoms with van der Waals surface area (Å²) in [5, 5.41) is 3.32. The molecule has 2 aromatic rings. The number of benzene rings is 1. The Labute approximate surface area is 152 Å². The summed E-state index contributed by atoms with van der Waals surface area (Å²) < 4.78 is 27.3. The van der Waals surface area contributed by atoms with Crippen LogP contribution in [0.1, 0.15) is 56.6 Å². The molecule has 1 aromatic heterocycles. The number of nitrogen functional groups attached to an aromatic ring is 1. The van der Waals surface area contributed by atoms with Crippen LogP contribution in [0.2, 0.25) is 0 Å². The number of nitrogens with zero attached hydrogens (tertiary/aromatic N) is 3. The molecule has 3 rings (SSSR count). The zero-order chi connectivity index (χ0) is 18.5. The fourth-order valence-corrected chi connectivity index (χ4v) is 3.24. The molecule has 1 aliphatic carbocycles. The first-order valence-electron chi connectivity index (χ1n) is 9.21. The SMILES string of the molecule is CC[C@H](F)c1nc(N)nc(N[C@@H](CCc2cccc(F)c2)C2CCC2)n1. The van der Waals surface area contributed by atoms with E-state index >= 15 is 0 Å². The van der Waals surface area contributed by atoms with Gasteiger partial charge in [-0.25, -0.2) is 8.78 Å². The van der Waals surface area contributed by atoms with Crippen molar-refractivity contribution >= 4 is 11.9 Å². The number of aryl methyl sites for hydroxylation is 1. The largest absolute Gasteiger partial charge is 0.368 e. The Morgan fingerprint density at radius 1 is 1.27 bits per heavy atom. The van der Waals surface area contributed by atoms with Crippen LogP contribution in [0.4, 0.5) is 20.7 Å². The van der Waals surface area contributed by atoms with Gasteiger partial charge in [0.05, 0.1) is 0 Å². The van der Waals surface area contributed by atoms with Gasteiger partial charge in [0.25, 0.3) is 0 Å². The van der Waals surface area contributed by atoms with Gasteiger partial charge < -0.3 is 11.1 Å². The van der Waals surface area contributed by atoms with Gasteiger partial charge >= 0.3 is 0 Å². The zero-order valence-electron chi connectivity index (χ0n) is 15.0. The number of anilines is 2. The number of alkyl halides is 1. The quantitative estimate of drug-likeness (QED) is 0.736. The van der Waals surface area contributed by atoms with Crippen LogP contribution in [-0.4, -0.2) is 21.0 Å². The van der Waals surface area contributed by atoms with Gasteiger partial charge in [-0.1, -0.05) is 25.5 Å². The van der Waals surface area contributed by atoms with Gasteiger partial charge in [0.1, 0.15) is 5.82 Å². The lowest BCUT2D eigenvalue weighted by atomic mass is 9.78. The maximum absolute atomic E-state index is 13.9. The number of hydrogen-bond donors (Lipinski definition) is 2. The third kappa shape index (κ3) is 4.65. The molecule has 5 nitrogen and oxygen atoms in total. The summed E-state index contributed by atoms with van der Waals surface area (Å²) in [4.78, 5) is 12.2. The summed E-state index contributed by atoms with van der Waals surface area (Å²) in [5.41, 5.74) is 6.68. The van der Waals surface area contributed by atoms with Crippen molar-refractivity contribution in [2.45, 2.75) is 57.7 Å². The molecule has 3 N–H and O–H groups in total. The summed E-state index contributed by atoms with van der Waals surface area (Å²) in [6.07, 6.45) is 4.08. The number of aromatic nitrogens is 3. The second-order valence-electron chi connectivity index (χ2n) is 6.86. The Morgan fingerprint density at radius 3 is 2.73 bits per heavy atom. The summed E-state index contributed by atoms with van der Waals surface area (Å²) in [6.45, 7) is 1.73. The van der Waals surface area contributed by atoms with E-state index in [4.69, 9.17) is 5.73 Å². The minimum Gasteiger partial charge on any atom is -0.368 e. The molecule has 26 heavy (non-hydrogen) atoms. The topological polar surface area (TPSA) is 76.7 Å². The van der Waals surface area contributed by atoms with Gasteiger partial charge in [-0.2, -0.15) is 15.0 Å². The van der Waals surface area contributed by atoms with Crippen molar-refractivity contribution < 1.29 is 8.78 Å². The van der Waals surface area contributed by atoms with Crippen molar-refractivity contribution in [3.8, 4) is 0 Å². The van der Waals surface area contributed by atoms with E-state index in [0.717, 1.165) is 31.2 Å². The van der Waals surface area contributed by atoms with Crippen molar-refractivity contribution in [3.05, 3.63) is 41.5 Å². The average Bonchev–Trinajstić information content (AvgIpc) is 2.57. The molecule has 0 bridgehead atoms. The van der Waals surface area contributed by atoms with E-state index in [-0.39, 0.29) is 30.1 Å². The van der Waals surface area contributed by atoms with Crippen LogP contribution in [0.15, 0.2) is 24.3 Å². The molecule has 7 heteroatoms. The highest BCUT2D eigenvalue weighted by molar-refractivity contribution is 5.33. The number of rotatable bonds is 8. The van der Waals surface area contributed by atoms with Crippen LogP contribution in [0, 0.1) is 11.7 Å². The summed E-state index contributed by atoms with van der Waals surface area (Å²) in [5.74, 6) is 0.697. The fraction of sp³-hybridized carbons (Fsp3) is 0.526. The highest BCUT2D eigenvalue weighted by Crippen LogP contribution is 2.33. The average molecular weight is 361 g/mol. The summed E-state index contributed by atoms with van der Waals surface area (Å²) in [6, 6.07) is 6.80. The molecule has 0 unspecified atom stereocenters. The first-order valence-corrected chi connectivity index (χ1v) is 9.21. The first kappa shape index (κ1) is 18.5. The van der Waals surface area contributed by atoms with Crippen molar-refractivity contribution in [3.63, 3.8) is 0 Å². The van der Waals surface area contributed by atoms with E-state index in [1.54, 1.807) is 19.1 Å². The minimum atomic E-state index is -1.25. The standard InChI is InChI=1S/C19H25F2N5/c1-2-15(21)17-24-18(22)26-19(25-17)23-16(13-6-4-7-13)10-9-12-5-3-8-14(20)11-12/h3,5,8,11,13,15-16H,2,4,6-7,9-10H2,1H3,(H3,22,23,24,25,26)/t15-,16-/m0/s1. The molecule has 140 valence electrons. The molecule has 2 atom stereocenters. The van der Waals surface area contributed by atoms with Crippen molar-refractivity contribution in [1.82, 2.24) is 15.0 Å². The van der Waals surface area contributed by atoms with Gasteiger partial charge in [-0.3, -0.25) is 0 Å². The number of nitrogens with two attached hydrogens (primary N) is 1. The van der Waals surface area contributed by atoms with Crippen LogP contribution in [0.3, 0.4) is 0 Å². The van der Waals surface area contributed by atoms with Crippen molar-refractivity contribution in [1.29, 1.82) is 0 Å². The van der Waals surface area contributed by atoms with E-state index in [2.05, 4.69) is 20.3 Å². The first-order chi connectivity index (χ1) is 12.5. The lowest BCUT2D eigenvalue weighted by molar-refractivity contribution is 0.265. The lowest BCUT2D eigenvalue weighted by Crippen LogP contribution is -2.35. The predicted molar refractivity (Wildman–Crippen MR) is 97.9 cm³/mol. The smallest absolute Gasteiger partial charge is 0.228 e. The molecule has 1 saturated carbocycles. The van der Waals surface area contributed by atoms with Gasteiger partial charge in [-0.15, -0.1) is 0 Å². The Bertz CT molecular complexity index is 736. The van der Waals surface area contributed by atoms with E-state index in [9.17, 15) is 8.78 Å². The predicted octanol–water partition coefficient (Wildman–Crippen LogP) is 4.23. The Hall–Kier alpha value is -2.31. The molecule has 0 amide bonds. The van der Waals surface area contributed by atoms with E-state index in [0.29, 0.717) is 11.9 Å².